The lowest BCUT2D eigenvalue weighted by Gasteiger charge is -2.10. The number of nitrogens with one attached hydrogen (secondary N) is 2. The molecule has 1 aromatic rings. The van der Waals surface area contributed by atoms with Gasteiger partial charge in [0.05, 0.1) is 0 Å². The number of halogens is 1. The Bertz CT molecular complexity index is 473. The van der Waals surface area contributed by atoms with Crippen LogP contribution in [0.4, 0.5) is 5.69 Å². The second-order valence-electron chi connectivity index (χ2n) is 4.88. The minimum atomic E-state index is -0.341. The van der Waals surface area contributed by atoms with E-state index in [9.17, 15) is 9.59 Å². The zero-order chi connectivity index (χ0) is 14.4. The second kappa shape index (κ2) is 7.14. The van der Waals surface area contributed by atoms with Gasteiger partial charge < -0.3 is 10.6 Å². The molecular formula is C14H19ClN2O2. The summed E-state index contributed by atoms with van der Waals surface area (Å²) in [6.07, 6.45) is -0.182. The largest absolute Gasteiger partial charge is 0.355 e. The van der Waals surface area contributed by atoms with Crippen LogP contribution in [0.5, 0.6) is 0 Å². The molecule has 0 radical (unpaired) electrons. The van der Waals surface area contributed by atoms with Gasteiger partial charge in [-0.1, -0.05) is 31.5 Å². The summed E-state index contributed by atoms with van der Waals surface area (Å²) in [4.78, 5) is 23.2. The lowest BCUT2D eigenvalue weighted by atomic mass is 10.2. The predicted octanol–water partition coefficient (Wildman–Crippen LogP) is 2.75. The summed E-state index contributed by atoms with van der Waals surface area (Å²) in [5, 5.41) is 5.93. The third-order valence-corrected chi connectivity index (χ3v) is 2.74. The zero-order valence-electron chi connectivity index (χ0n) is 11.4. The van der Waals surface area contributed by atoms with Crippen LogP contribution in [0.15, 0.2) is 18.2 Å². The summed E-state index contributed by atoms with van der Waals surface area (Å²) >= 11 is 5.86. The van der Waals surface area contributed by atoms with Gasteiger partial charge in [-0.15, -0.1) is 0 Å². The summed E-state index contributed by atoms with van der Waals surface area (Å²) in [6, 6.07) is 5.24. The molecule has 0 saturated heterocycles. The van der Waals surface area contributed by atoms with E-state index in [0.717, 1.165) is 5.56 Å². The summed E-state index contributed by atoms with van der Waals surface area (Å²) in [6.45, 7) is 6.43. The molecular weight excluding hydrogens is 264 g/mol. The van der Waals surface area contributed by atoms with Crippen LogP contribution in [0.25, 0.3) is 0 Å². The molecule has 0 saturated carbocycles. The van der Waals surface area contributed by atoms with Gasteiger partial charge in [-0.25, -0.2) is 0 Å². The van der Waals surface area contributed by atoms with Gasteiger partial charge in [-0.2, -0.15) is 0 Å². The third kappa shape index (κ3) is 5.75. The molecule has 4 nitrogen and oxygen atoms in total. The van der Waals surface area contributed by atoms with Crippen molar-refractivity contribution in [2.45, 2.75) is 27.2 Å². The Balaban J connectivity index is 2.51. The number of benzene rings is 1. The summed E-state index contributed by atoms with van der Waals surface area (Å²) in [5.41, 5.74) is 1.54. The SMILES string of the molecule is Cc1ccc(Cl)cc1NC(=O)CC(=O)NCC(C)C. The molecule has 5 heteroatoms. The lowest BCUT2D eigenvalue weighted by Crippen LogP contribution is -2.30. The van der Waals surface area contributed by atoms with Crippen LogP contribution in [0.1, 0.15) is 25.8 Å². The average molecular weight is 283 g/mol. The molecule has 1 rings (SSSR count). The molecule has 0 bridgehead atoms. The van der Waals surface area contributed by atoms with Crippen molar-refractivity contribution in [3.8, 4) is 0 Å². The van der Waals surface area contributed by atoms with Crippen LogP contribution in [-0.4, -0.2) is 18.4 Å². The van der Waals surface area contributed by atoms with Crippen LogP contribution >= 0.6 is 11.6 Å². The highest BCUT2D eigenvalue weighted by atomic mass is 35.5. The molecule has 0 aliphatic rings. The molecule has 2 N–H and O–H groups in total. The number of amides is 2. The fraction of sp³-hybridized carbons (Fsp3) is 0.429. The van der Waals surface area contributed by atoms with Gasteiger partial charge in [0.2, 0.25) is 11.8 Å². The Labute approximate surface area is 118 Å². The van der Waals surface area contributed by atoms with Gasteiger partial charge in [0, 0.05) is 17.3 Å². The van der Waals surface area contributed by atoms with Crippen molar-refractivity contribution < 1.29 is 9.59 Å². The second-order valence-corrected chi connectivity index (χ2v) is 5.32. The number of rotatable bonds is 5. The minimum Gasteiger partial charge on any atom is -0.355 e. The monoisotopic (exact) mass is 282 g/mol. The molecule has 0 heterocycles. The van der Waals surface area contributed by atoms with E-state index in [2.05, 4.69) is 10.6 Å². The van der Waals surface area contributed by atoms with E-state index >= 15 is 0 Å². The van der Waals surface area contributed by atoms with Gasteiger partial charge in [0.15, 0.2) is 0 Å². The summed E-state index contributed by atoms with van der Waals surface area (Å²) < 4.78 is 0. The molecule has 0 unspecified atom stereocenters. The standard InChI is InChI=1S/C14H19ClN2O2/c1-9(2)8-16-13(18)7-14(19)17-12-6-11(15)5-4-10(12)3/h4-6,9H,7-8H2,1-3H3,(H,16,18)(H,17,19). The van der Waals surface area contributed by atoms with E-state index in [0.29, 0.717) is 23.2 Å². The van der Waals surface area contributed by atoms with E-state index in [1.54, 1.807) is 12.1 Å². The molecule has 0 spiro atoms. The first-order valence-electron chi connectivity index (χ1n) is 6.21. The maximum Gasteiger partial charge on any atom is 0.233 e. The van der Waals surface area contributed by atoms with E-state index in [1.165, 1.54) is 0 Å². The van der Waals surface area contributed by atoms with Crippen LogP contribution in [0.2, 0.25) is 5.02 Å². The molecule has 0 aromatic heterocycles. The number of hydrogen-bond acceptors (Lipinski definition) is 2. The number of hydrogen-bond donors (Lipinski definition) is 2. The first kappa shape index (κ1) is 15.5. The van der Waals surface area contributed by atoms with E-state index in [4.69, 9.17) is 11.6 Å². The molecule has 104 valence electrons. The van der Waals surface area contributed by atoms with E-state index in [-0.39, 0.29) is 18.2 Å². The van der Waals surface area contributed by atoms with Gasteiger partial charge >= 0.3 is 0 Å². The summed E-state index contributed by atoms with van der Waals surface area (Å²) in [7, 11) is 0. The molecule has 0 aliphatic carbocycles. The van der Waals surface area contributed by atoms with Crippen molar-refractivity contribution >= 4 is 29.1 Å². The Kier molecular flexibility index (Phi) is 5.83. The summed E-state index contributed by atoms with van der Waals surface area (Å²) in [5.74, 6) is -0.250. The highest BCUT2D eigenvalue weighted by molar-refractivity contribution is 6.31. The van der Waals surface area contributed by atoms with Gasteiger partial charge in [0.25, 0.3) is 0 Å². The maximum atomic E-state index is 11.7. The highest BCUT2D eigenvalue weighted by Gasteiger charge is 2.11. The molecule has 1 aromatic carbocycles. The number of carbonyl (C=O) groups excluding carboxylic acids is 2. The minimum absolute atomic E-state index is 0.182. The Hall–Kier alpha value is -1.55. The normalized spacial score (nSPS) is 10.4. The first-order valence-corrected chi connectivity index (χ1v) is 6.59. The number of anilines is 1. The highest BCUT2D eigenvalue weighted by Crippen LogP contribution is 2.20. The quantitative estimate of drug-likeness (QED) is 0.816. The Morgan fingerprint density at radius 1 is 1.26 bits per heavy atom. The van der Waals surface area contributed by atoms with Crippen LogP contribution in [0.3, 0.4) is 0 Å². The molecule has 19 heavy (non-hydrogen) atoms. The zero-order valence-corrected chi connectivity index (χ0v) is 12.2. The third-order valence-electron chi connectivity index (χ3n) is 2.50. The predicted molar refractivity (Wildman–Crippen MR) is 77.3 cm³/mol. The Morgan fingerprint density at radius 2 is 1.95 bits per heavy atom. The fourth-order valence-electron chi connectivity index (χ4n) is 1.45. The van der Waals surface area contributed by atoms with Crippen molar-refractivity contribution in [2.24, 2.45) is 5.92 Å². The number of carbonyl (C=O) groups is 2. The maximum absolute atomic E-state index is 11.7. The van der Waals surface area contributed by atoms with Gasteiger partial charge in [0.1, 0.15) is 6.42 Å². The van der Waals surface area contributed by atoms with E-state index < -0.39 is 0 Å². The van der Waals surface area contributed by atoms with Crippen molar-refractivity contribution in [3.63, 3.8) is 0 Å². The van der Waals surface area contributed by atoms with Crippen molar-refractivity contribution in [3.05, 3.63) is 28.8 Å². The number of aryl methyl sites for hydroxylation is 1. The van der Waals surface area contributed by atoms with Crippen molar-refractivity contribution in [1.29, 1.82) is 0 Å². The Morgan fingerprint density at radius 3 is 2.58 bits per heavy atom. The smallest absolute Gasteiger partial charge is 0.233 e. The molecule has 0 fully saturated rings. The molecule has 0 atom stereocenters. The van der Waals surface area contributed by atoms with Crippen molar-refractivity contribution in [1.82, 2.24) is 5.32 Å². The van der Waals surface area contributed by atoms with E-state index in [1.807, 2.05) is 26.8 Å². The fourth-order valence-corrected chi connectivity index (χ4v) is 1.62. The lowest BCUT2D eigenvalue weighted by molar-refractivity contribution is -0.126. The average Bonchev–Trinajstić information content (AvgIpc) is 2.31. The van der Waals surface area contributed by atoms with Crippen LogP contribution < -0.4 is 10.6 Å². The topological polar surface area (TPSA) is 58.2 Å². The molecule has 0 aliphatic heterocycles. The first-order chi connectivity index (χ1) is 8.88. The van der Waals surface area contributed by atoms with Gasteiger partial charge in [-0.05, 0) is 30.5 Å². The van der Waals surface area contributed by atoms with Crippen LogP contribution in [0, 0.1) is 12.8 Å². The van der Waals surface area contributed by atoms with Crippen LogP contribution in [-0.2, 0) is 9.59 Å². The van der Waals surface area contributed by atoms with Gasteiger partial charge in [-0.3, -0.25) is 9.59 Å². The van der Waals surface area contributed by atoms with Crippen molar-refractivity contribution in [2.75, 3.05) is 11.9 Å². The molecule has 2 amide bonds.